The number of amidine groups is 1. The van der Waals surface area contributed by atoms with Crippen LogP contribution >= 0.6 is 0 Å². The van der Waals surface area contributed by atoms with Gasteiger partial charge in [-0.05, 0) is 29.8 Å². The Kier molecular flexibility index (Phi) is 4.44. The van der Waals surface area contributed by atoms with E-state index >= 15 is 0 Å². The van der Waals surface area contributed by atoms with Gasteiger partial charge >= 0.3 is 0 Å². The van der Waals surface area contributed by atoms with Crippen LogP contribution in [0.3, 0.4) is 0 Å². The van der Waals surface area contributed by atoms with Gasteiger partial charge in [0.1, 0.15) is 0 Å². The third-order valence-electron chi connectivity index (χ3n) is 3.26. The summed E-state index contributed by atoms with van der Waals surface area (Å²) in [5.41, 5.74) is 5.07. The van der Waals surface area contributed by atoms with Gasteiger partial charge in [0.25, 0.3) is 0 Å². The van der Waals surface area contributed by atoms with Crippen LogP contribution < -0.4 is 5.43 Å². The van der Waals surface area contributed by atoms with E-state index in [1.165, 1.54) is 0 Å². The molecule has 6 heteroatoms. The van der Waals surface area contributed by atoms with Crippen LogP contribution in [0.25, 0.3) is 0 Å². The Hall–Kier alpha value is -2.99. The van der Waals surface area contributed by atoms with E-state index in [1.54, 1.807) is 24.3 Å². The van der Waals surface area contributed by atoms with Crippen molar-refractivity contribution >= 4 is 23.7 Å². The van der Waals surface area contributed by atoms with Crippen LogP contribution in [0.1, 0.15) is 11.1 Å². The topological polar surface area (TPSA) is 83.3 Å². The van der Waals surface area contributed by atoms with Crippen LogP contribution in [-0.4, -0.2) is 29.2 Å². The summed E-state index contributed by atoms with van der Waals surface area (Å²) in [4.78, 5) is 15.4. The van der Waals surface area contributed by atoms with Gasteiger partial charge in [-0.25, -0.2) is 0 Å². The maximum atomic E-state index is 11.2. The molecule has 1 heterocycles. The summed E-state index contributed by atoms with van der Waals surface area (Å²) in [6.07, 6.45) is -0.178. The van der Waals surface area contributed by atoms with E-state index < -0.39 is 6.10 Å². The van der Waals surface area contributed by atoms with Crippen molar-refractivity contribution in [1.82, 2.24) is 0 Å². The first kappa shape index (κ1) is 14.9. The summed E-state index contributed by atoms with van der Waals surface area (Å²) < 4.78 is 5.51. The van der Waals surface area contributed by atoms with Gasteiger partial charge in [-0.15, -0.1) is 0 Å². The number of anilines is 1. The Labute approximate surface area is 133 Å². The van der Waals surface area contributed by atoms with Gasteiger partial charge < -0.3 is 9.84 Å². The van der Waals surface area contributed by atoms with Crippen molar-refractivity contribution in [3.8, 4) is 0 Å². The van der Waals surface area contributed by atoms with E-state index in [0.717, 1.165) is 11.1 Å². The fraction of sp³-hybridized carbons (Fsp3) is 0.118. The third-order valence-corrected chi connectivity index (χ3v) is 3.26. The second-order valence-corrected chi connectivity index (χ2v) is 4.90. The number of benzene rings is 2. The number of hydrogen-bond acceptors (Lipinski definition) is 5. The number of carbonyl (C=O) groups is 1. The molecule has 0 aliphatic carbocycles. The first-order chi connectivity index (χ1) is 11.3. The number of rotatable bonds is 5. The number of aldehydes is 1. The van der Waals surface area contributed by atoms with E-state index in [-0.39, 0.29) is 12.4 Å². The maximum absolute atomic E-state index is 11.2. The van der Waals surface area contributed by atoms with E-state index in [1.807, 2.05) is 30.3 Å². The van der Waals surface area contributed by atoms with Gasteiger partial charge in [-0.3, -0.25) is 10.2 Å². The normalized spacial score (nSPS) is 18.4. The second kappa shape index (κ2) is 6.85. The largest absolute Gasteiger partial charge is 0.458 e. The first-order valence-corrected chi connectivity index (χ1v) is 7.09. The molecule has 0 saturated heterocycles. The van der Waals surface area contributed by atoms with Crippen molar-refractivity contribution in [2.24, 2.45) is 10.1 Å². The number of ether oxygens (including phenoxy) is 1. The Balaban J connectivity index is 1.81. The highest BCUT2D eigenvalue weighted by Crippen LogP contribution is 2.15. The van der Waals surface area contributed by atoms with Crippen LogP contribution in [0.2, 0.25) is 0 Å². The molecule has 3 rings (SSSR count). The maximum Gasteiger partial charge on any atom is 0.223 e. The van der Waals surface area contributed by atoms with Gasteiger partial charge in [0, 0.05) is 5.56 Å². The summed E-state index contributed by atoms with van der Waals surface area (Å²) in [6.45, 7) is -0.0531. The molecule has 116 valence electrons. The number of carbonyl (C=O) groups excluding carboxylic acids is 1. The molecule has 1 atom stereocenters. The number of nitrogens with zero attached hydrogens (tertiary/aromatic N) is 2. The minimum Gasteiger partial charge on any atom is -0.458 e. The molecule has 0 amide bonds. The van der Waals surface area contributed by atoms with Gasteiger partial charge in [-0.2, -0.15) is 10.1 Å². The van der Waals surface area contributed by atoms with Crippen LogP contribution in [0.5, 0.6) is 0 Å². The van der Waals surface area contributed by atoms with Crippen LogP contribution in [0, 0.1) is 0 Å². The van der Waals surface area contributed by atoms with Crippen molar-refractivity contribution in [1.29, 1.82) is 0 Å². The molecule has 0 radical (unpaired) electrons. The van der Waals surface area contributed by atoms with E-state index in [4.69, 9.17) is 9.84 Å². The monoisotopic (exact) mass is 309 g/mol. The summed E-state index contributed by atoms with van der Waals surface area (Å²) in [6, 6.07) is 16.5. The van der Waals surface area contributed by atoms with Gasteiger partial charge in [0.2, 0.25) is 17.8 Å². The first-order valence-electron chi connectivity index (χ1n) is 7.09. The van der Waals surface area contributed by atoms with Gasteiger partial charge in [0.05, 0.1) is 12.3 Å². The molecule has 6 nitrogen and oxygen atoms in total. The number of aliphatic hydroxyl groups is 1. The Morgan fingerprint density at radius 3 is 2.78 bits per heavy atom. The number of aliphatic hydroxyl groups excluding tert-OH is 1. The molecule has 1 unspecified atom stereocenters. The molecule has 0 saturated carbocycles. The standard InChI is InChI=1S/C17H15N3O3/c21-10-12-5-4-8-14(9-12)19-20-16-15(11-22)23-17(18-16)13-6-2-1-3-7-13/h1-9,11,15,19,21H,10H2. The number of hydrazone groups is 1. The van der Waals surface area contributed by atoms with Crippen molar-refractivity contribution in [2.45, 2.75) is 12.7 Å². The van der Waals surface area contributed by atoms with Crippen LogP contribution in [-0.2, 0) is 16.1 Å². The van der Waals surface area contributed by atoms with E-state index in [0.29, 0.717) is 17.9 Å². The zero-order valence-electron chi connectivity index (χ0n) is 12.2. The molecule has 1 aliphatic heterocycles. The average Bonchev–Trinajstić information content (AvgIpc) is 3.04. The highest BCUT2D eigenvalue weighted by molar-refractivity contribution is 6.14. The van der Waals surface area contributed by atoms with Crippen LogP contribution in [0.4, 0.5) is 5.69 Å². The molecular weight excluding hydrogens is 294 g/mol. The van der Waals surface area contributed by atoms with Gasteiger partial charge in [0.15, 0.2) is 6.29 Å². The smallest absolute Gasteiger partial charge is 0.223 e. The molecule has 0 fully saturated rings. The summed E-state index contributed by atoms with van der Waals surface area (Å²) in [7, 11) is 0. The minimum atomic E-state index is -0.835. The van der Waals surface area contributed by atoms with Crippen molar-refractivity contribution < 1.29 is 14.6 Å². The summed E-state index contributed by atoms with van der Waals surface area (Å²) >= 11 is 0. The van der Waals surface area contributed by atoms with Crippen molar-refractivity contribution in [2.75, 3.05) is 5.43 Å². The number of hydrogen-bond donors (Lipinski definition) is 2. The number of aliphatic imine (C=N–C) groups is 1. The minimum absolute atomic E-state index is 0.0531. The molecular formula is C17H15N3O3. The molecule has 2 aromatic carbocycles. The third kappa shape index (κ3) is 3.44. The van der Waals surface area contributed by atoms with Crippen molar-refractivity contribution in [3.63, 3.8) is 0 Å². The van der Waals surface area contributed by atoms with Crippen molar-refractivity contribution in [3.05, 3.63) is 65.7 Å². The zero-order chi connectivity index (χ0) is 16.1. The quantitative estimate of drug-likeness (QED) is 0.653. The molecule has 0 spiro atoms. The SMILES string of the molecule is O=CC1OC(c2ccccc2)=NC1=NNc1cccc(CO)c1. The Morgan fingerprint density at radius 2 is 2.04 bits per heavy atom. The van der Waals surface area contributed by atoms with E-state index in [2.05, 4.69) is 15.5 Å². The molecule has 2 N–H and O–H groups in total. The van der Waals surface area contributed by atoms with Crippen LogP contribution in [0.15, 0.2) is 64.7 Å². The Morgan fingerprint density at radius 1 is 1.22 bits per heavy atom. The second-order valence-electron chi connectivity index (χ2n) is 4.90. The lowest BCUT2D eigenvalue weighted by molar-refractivity contribution is -0.111. The summed E-state index contributed by atoms with van der Waals surface area (Å²) in [5, 5.41) is 13.3. The Bertz CT molecular complexity index is 757. The highest BCUT2D eigenvalue weighted by atomic mass is 16.5. The average molecular weight is 309 g/mol. The molecule has 0 bridgehead atoms. The molecule has 0 aromatic heterocycles. The summed E-state index contributed by atoms with van der Waals surface area (Å²) in [5.74, 6) is 0.626. The molecule has 23 heavy (non-hydrogen) atoms. The predicted molar refractivity (Wildman–Crippen MR) is 87.3 cm³/mol. The molecule has 1 aliphatic rings. The molecule has 2 aromatic rings. The fourth-order valence-corrected chi connectivity index (χ4v) is 2.12. The number of nitrogens with one attached hydrogen (secondary N) is 1. The fourth-order valence-electron chi connectivity index (χ4n) is 2.12. The lowest BCUT2D eigenvalue weighted by Gasteiger charge is -2.05. The predicted octanol–water partition coefficient (Wildman–Crippen LogP) is 1.95. The lowest BCUT2D eigenvalue weighted by Crippen LogP contribution is -2.20. The lowest BCUT2D eigenvalue weighted by atomic mass is 10.2. The van der Waals surface area contributed by atoms with E-state index in [9.17, 15) is 4.79 Å². The highest BCUT2D eigenvalue weighted by Gasteiger charge is 2.27. The van der Waals surface area contributed by atoms with Gasteiger partial charge in [-0.1, -0.05) is 30.3 Å². The zero-order valence-corrected chi connectivity index (χ0v) is 12.2.